The maximum atomic E-state index is 13.1. The van der Waals surface area contributed by atoms with Crippen LogP contribution in [0.3, 0.4) is 0 Å². The number of nitrogens with one attached hydrogen (secondary N) is 1. The van der Waals surface area contributed by atoms with Crippen LogP contribution in [-0.2, 0) is 22.6 Å². The van der Waals surface area contributed by atoms with E-state index in [-0.39, 0.29) is 43.1 Å². The summed E-state index contributed by atoms with van der Waals surface area (Å²) in [5.74, 6) is -1.13. The molecule has 3 N–H and O–H groups in total. The number of nitrogens with zero attached hydrogens (tertiary/aromatic N) is 10. The van der Waals surface area contributed by atoms with Crippen molar-refractivity contribution in [1.82, 2.24) is 5.32 Å². The number of rotatable bonds is 11. The van der Waals surface area contributed by atoms with Gasteiger partial charge in [-0.1, -0.05) is 33.5 Å². The third kappa shape index (κ3) is 7.42. The van der Waals surface area contributed by atoms with E-state index in [9.17, 15) is 9.70 Å². The van der Waals surface area contributed by atoms with E-state index >= 15 is 0 Å². The Morgan fingerprint density at radius 2 is 1.73 bits per heavy atom. The summed E-state index contributed by atoms with van der Waals surface area (Å²) in [5, 5.41) is 16.0. The molecule has 0 spiro atoms. The number of nitroso groups, excluding NO2 is 1. The molecule has 0 bridgehead atoms. The predicted molar refractivity (Wildman–Crippen MR) is 118 cm³/mol. The highest BCUT2D eigenvalue weighted by molar-refractivity contribution is 6.20. The summed E-state index contributed by atoms with van der Waals surface area (Å²) in [6, 6.07) is 4.60. The lowest BCUT2D eigenvalue weighted by atomic mass is 9.91. The predicted octanol–water partition coefficient (Wildman–Crippen LogP) is 4.41. The quantitative estimate of drug-likeness (QED) is 0.162. The van der Waals surface area contributed by atoms with Crippen molar-refractivity contribution in [3.63, 3.8) is 0 Å². The smallest absolute Gasteiger partial charge is 0.255 e. The molecule has 1 aromatic rings. The van der Waals surface area contributed by atoms with Crippen LogP contribution >= 0.6 is 0 Å². The first-order valence-electron chi connectivity index (χ1n) is 9.94. The molecule has 1 aromatic carbocycles. The molecule has 0 heterocycles. The van der Waals surface area contributed by atoms with E-state index in [1.165, 1.54) is 0 Å². The molecule has 0 aromatic heterocycles. The Morgan fingerprint density at radius 3 is 2.36 bits per heavy atom. The van der Waals surface area contributed by atoms with Crippen LogP contribution in [0.5, 0.6) is 0 Å². The number of hydrogen-bond donors (Lipinski definition) is 2. The van der Waals surface area contributed by atoms with E-state index < -0.39 is 11.7 Å². The zero-order valence-electron chi connectivity index (χ0n) is 17.6. The van der Waals surface area contributed by atoms with Crippen LogP contribution in [0.25, 0.3) is 36.9 Å². The van der Waals surface area contributed by atoms with Gasteiger partial charge in [0.15, 0.2) is 5.82 Å². The summed E-state index contributed by atoms with van der Waals surface area (Å²) in [6.07, 6.45) is 2.44. The van der Waals surface area contributed by atoms with E-state index in [1.807, 2.05) is 0 Å². The van der Waals surface area contributed by atoms with Crippen LogP contribution in [0.2, 0.25) is 0 Å². The first kappa shape index (κ1) is 25.0. The lowest BCUT2D eigenvalue weighted by Crippen LogP contribution is -2.40. The number of nitrogens with two attached hydrogens (primary N) is 1. The molecular weight excluding hydrogens is 432 g/mol. The second-order valence-electron chi connectivity index (χ2n) is 7.09. The van der Waals surface area contributed by atoms with Gasteiger partial charge in [-0.2, -0.15) is 0 Å². The van der Waals surface area contributed by atoms with E-state index in [1.54, 1.807) is 18.2 Å². The van der Waals surface area contributed by atoms with Gasteiger partial charge in [-0.3, -0.25) is 4.79 Å². The minimum atomic E-state index is -0.603. The minimum Gasteiger partial charge on any atom is -0.380 e. The maximum Gasteiger partial charge on any atom is 0.255 e. The van der Waals surface area contributed by atoms with Crippen molar-refractivity contribution in [2.45, 2.75) is 50.9 Å². The Morgan fingerprint density at radius 1 is 1.06 bits per heavy atom. The molecule has 0 unspecified atom stereocenters. The third-order valence-electron chi connectivity index (χ3n) is 5.09. The monoisotopic (exact) mass is 454 g/mol. The highest BCUT2D eigenvalue weighted by Crippen LogP contribution is 2.27. The molecule has 0 saturated heterocycles. The van der Waals surface area contributed by atoms with Crippen molar-refractivity contribution >= 4 is 11.5 Å². The largest absolute Gasteiger partial charge is 0.380 e. The molecular formula is C18H22N12O3. The van der Waals surface area contributed by atoms with Gasteiger partial charge in [-0.05, 0) is 64.1 Å². The molecule has 33 heavy (non-hydrogen) atoms. The molecule has 15 heteroatoms. The van der Waals surface area contributed by atoms with Crippen LogP contribution < -0.4 is 11.1 Å². The van der Waals surface area contributed by atoms with Crippen molar-refractivity contribution in [2.24, 2.45) is 26.3 Å². The van der Waals surface area contributed by atoms with Crippen molar-refractivity contribution < 1.29 is 9.53 Å². The molecule has 2 rings (SSSR count). The summed E-state index contributed by atoms with van der Waals surface area (Å²) in [7, 11) is 0. The number of amides is 1. The van der Waals surface area contributed by atoms with Gasteiger partial charge in [-0.15, -0.1) is 4.91 Å². The van der Waals surface area contributed by atoms with Crippen LogP contribution in [0.15, 0.2) is 44.5 Å². The van der Waals surface area contributed by atoms with Crippen LogP contribution in [-0.4, -0.2) is 24.8 Å². The van der Waals surface area contributed by atoms with Gasteiger partial charge in [0.1, 0.15) is 6.73 Å². The zero-order chi connectivity index (χ0) is 24.1. The molecule has 1 amide bonds. The van der Waals surface area contributed by atoms with Gasteiger partial charge >= 0.3 is 0 Å². The Hall–Kier alpha value is -4.28. The second kappa shape index (κ2) is 13.2. The van der Waals surface area contributed by atoms with Gasteiger partial charge in [0.05, 0.1) is 24.8 Å². The molecule has 172 valence electrons. The van der Waals surface area contributed by atoms with Crippen LogP contribution in [0.1, 0.15) is 42.4 Å². The number of ether oxygens (including phenoxy) is 1. The first-order valence-corrected chi connectivity index (χ1v) is 9.94. The summed E-state index contributed by atoms with van der Waals surface area (Å²) in [5.41, 5.74) is 32.5. The number of hydrogen-bond acceptors (Lipinski definition) is 8. The topological polar surface area (TPSA) is 240 Å². The number of benzene rings is 1. The van der Waals surface area contributed by atoms with Crippen molar-refractivity contribution in [3.8, 4) is 0 Å². The Labute approximate surface area is 187 Å². The number of carbonyl (C=O) groups excluding carboxylic acids is 1. The molecule has 0 aliphatic heterocycles. The Bertz CT molecular complexity index is 1040. The first-order chi connectivity index (χ1) is 16.0. The van der Waals surface area contributed by atoms with Crippen molar-refractivity contribution in [2.75, 3.05) is 6.73 Å². The van der Waals surface area contributed by atoms with E-state index in [2.05, 4.69) is 40.6 Å². The average molecular weight is 454 g/mol. The molecule has 0 radical (unpaired) electrons. The maximum absolute atomic E-state index is 13.1. The van der Waals surface area contributed by atoms with Crippen molar-refractivity contribution in [3.05, 3.63) is 76.9 Å². The molecule has 1 saturated carbocycles. The fourth-order valence-corrected chi connectivity index (χ4v) is 3.53. The Balaban J connectivity index is 2.26. The highest BCUT2D eigenvalue weighted by atomic mass is 16.5. The molecule has 0 atom stereocenters. The third-order valence-corrected chi connectivity index (χ3v) is 5.09. The number of carbonyl (C=O) groups is 1. The SMILES string of the molecule is [N-]=[N+]=NCOC1CCC(NC(=O)/C(=C(\N)N=O)c2cc(CN=[N+]=[N-])ccc2CN=[N+]=[N-])CC1. The summed E-state index contributed by atoms with van der Waals surface area (Å²) < 4.78 is 5.45. The standard InChI is InChI=1S/C18H22N12O3/c19-17(27-32)16(15-7-11(8-23-28-20)1-2-12(15)9-24-29-21)18(31)26-13-3-5-14(6-4-13)33-10-25-30-22/h1-2,7,13-14H,3-6,8-10,19H2,(H,26,31)/b17-16+. The van der Waals surface area contributed by atoms with Crippen LogP contribution in [0, 0.1) is 4.91 Å². The minimum absolute atomic E-state index is 0.00841. The summed E-state index contributed by atoms with van der Waals surface area (Å²) in [4.78, 5) is 32.5. The fraction of sp³-hybridized carbons (Fsp3) is 0.500. The van der Waals surface area contributed by atoms with E-state index in [4.69, 9.17) is 27.1 Å². The highest BCUT2D eigenvalue weighted by Gasteiger charge is 2.26. The van der Waals surface area contributed by atoms with Crippen molar-refractivity contribution in [1.29, 1.82) is 0 Å². The molecule has 1 fully saturated rings. The molecule has 1 aliphatic rings. The number of azide groups is 3. The fourth-order valence-electron chi connectivity index (χ4n) is 3.53. The normalized spacial score (nSPS) is 17.9. The second-order valence-corrected chi connectivity index (χ2v) is 7.09. The van der Waals surface area contributed by atoms with Gasteiger partial charge < -0.3 is 15.8 Å². The zero-order valence-corrected chi connectivity index (χ0v) is 17.6. The molecule has 15 nitrogen and oxygen atoms in total. The van der Waals surface area contributed by atoms with Gasteiger partial charge in [0.2, 0.25) is 0 Å². The lowest BCUT2D eigenvalue weighted by molar-refractivity contribution is -0.116. The van der Waals surface area contributed by atoms with Gasteiger partial charge in [0, 0.05) is 20.8 Å². The summed E-state index contributed by atoms with van der Waals surface area (Å²) >= 11 is 0. The summed E-state index contributed by atoms with van der Waals surface area (Å²) in [6.45, 7) is -0.134. The van der Waals surface area contributed by atoms with Crippen LogP contribution in [0.4, 0.5) is 0 Å². The Kier molecular flexibility index (Phi) is 9.99. The van der Waals surface area contributed by atoms with E-state index in [0.29, 0.717) is 36.8 Å². The van der Waals surface area contributed by atoms with E-state index in [0.717, 1.165) is 0 Å². The van der Waals surface area contributed by atoms with Gasteiger partial charge in [-0.25, -0.2) is 0 Å². The average Bonchev–Trinajstić information content (AvgIpc) is 2.83. The molecule has 1 aliphatic carbocycles. The van der Waals surface area contributed by atoms with Gasteiger partial charge in [0.25, 0.3) is 5.91 Å². The lowest BCUT2D eigenvalue weighted by Gasteiger charge is -2.29.